The fourth-order valence-electron chi connectivity index (χ4n) is 2.42. The van der Waals surface area contributed by atoms with Gasteiger partial charge in [0.1, 0.15) is 0 Å². The molecule has 0 saturated carbocycles. The van der Waals surface area contributed by atoms with Crippen molar-refractivity contribution in [3.63, 3.8) is 0 Å². The van der Waals surface area contributed by atoms with Crippen LogP contribution >= 0.6 is 31.9 Å². The molecule has 0 saturated heterocycles. The fourth-order valence-corrected chi connectivity index (χ4v) is 3.71. The Labute approximate surface area is 139 Å². The molecule has 0 N–H and O–H groups in total. The lowest BCUT2D eigenvalue weighted by molar-refractivity contribution is -0.418. The van der Waals surface area contributed by atoms with Crippen molar-refractivity contribution in [1.82, 2.24) is 0 Å². The quantitative estimate of drug-likeness (QED) is 0.529. The first-order valence-corrected chi connectivity index (χ1v) is 7.40. The van der Waals surface area contributed by atoms with E-state index in [4.69, 9.17) is 0 Å². The number of non-ortho nitro benzene ring substituents is 1. The predicted octanol–water partition coefficient (Wildman–Crippen LogP) is 3.60. The zero-order chi connectivity index (χ0) is 16.2. The summed E-state index contributed by atoms with van der Waals surface area (Å²) in [7, 11) is 0. The highest BCUT2D eigenvalue weighted by Gasteiger charge is 2.38. The van der Waals surface area contributed by atoms with Crippen molar-refractivity contribution in [2.45, 2.75) is 0 Å². The molecular weight excluding hydrogens is 424 g/mol. The first kappa shape index (κ1) is 14.8. The number of nitro benzene ring substituents is 1. The summed E-state index contributed by atoms with van der Waals surface area (Å²) in [6.45, 7) is 0. The van der Waals surface area contributed by atoms with E-state index in [1.54, 1.807) is 0 Å². The van der Waals surface area contributed by atoms with Crippen LogP contribution in [0.3, 0.4) is 0 Å². The second kappa shape index (κ2) is 4.96. The van der Waals surface area contributed by atoms with E-state index in [0.717, 1.165) is 6.08 Å². The number of hydrogen-bond acceptors (Lipinski definition) is 5. The van der Waals surface area contributed by atoms with Crippen LogP contribution in [-0.4, -0.2) is 15.6 Å². The van der Waals surface area contributed by atoms with E-state index in [2.05, 4.69) is 31.9 Å². The van der Waals surface area contributed by atoms with Crippen molar-refractivity contribution in [2.75, 3.05) is 0 Å². The molecule has 22 heavy (non-hydrogen) atoms. The highest BCUT2D eigenvalue weighted by molar-refractivity contribution is 9.12. The molecule has 2 aliphatic carbocycles. The summed E-state index contributed by atoms with van der Waals surface area (Å²) in [6.07, 6.45) is 2.58. The van der Waals surface area contributed by atoms with Crippen LogP contribution in [0.1, 0.15) is 11.1 Å². The third-order valence-electron chi connectivity index (χ3n) is 3.31. The Bertz CT molecular complexity index is 883. The molecule has 0 bridgehead atoms. The maximum atomic E-state index is 12.2. The lowest BCUT2D eigenvalue weighted by atomic mass is 9.94. The molecule has 3 rings (SSSR count). The third-order valence-corrected chi connectivity index (χ3v) is 4.56. The molecule has 0 atom stereocenters. The number of nitrogens with zero attached hydrogens (tertiary/aromatic N) is 2. The molecule has 0 amide bonds. The van der Waals surface area contributed by atoms with Crippen LogP contribution in [0.4, 0.5) is 5.69 Å². The van der Waals surface area contributed by atoms with Gasteiger partial charge in [0.05, 0.1) is 9.85 Å². The molecular formula is C13H4Br2N2O5. The van der Waals surface area contributed by atoms with Gasteiger partial charge in [0.25, 0.3) is 11.5 Å². The number of rotatable bonds is 2. The largest absolute Gasteiger partial charge is 0.318 e. The van der Waals surface area contributed by atoms with Crippen LogP contribution < -0.4 is 0 Å². The summed E-state index contributed by atoms with van der Waals surface area (Å²) in [5.74, 6) is -0.714. The summed E-state index contributed by atoms with van der Waals surface area (Å²) < 4.78 is 0.832. The Balaban J connectivity index is 2.28. The number of carbonyl (C=O) groups is 1. The van der Waals surface area contributed by atoms with Gasteiger partial charge in [0, 0.05) is 43.9 Å². The summed E-state index contributed by atoms with van der Waals surface area (Å²) in [4.78, 5) is 32.8. The molecule has 0 spiro atoms. The summed E-state index contributed by atoms with van der Waals surface area (Å²) >= 11 is 6.50. The molecule has 1 aromatic carbocycles. The van der Waals surface area contributed by atoms with Crippen molar-refractivity contribution in [1.29, 1.82) is 0 Å². The third kappa shape index (κ3) is 2.04. The van der Waals surface area contributed by atoms with Crippen LogP contribution in [-0.2, 0) is 4.79 Å². The van der Waals surface area contributed by atoms with Crippen molar-refractivity contribution in [3.05, 3.63) is 69.8 Å². The Morgan fingerprint density at radius 3 is 2.27 bits per heavy atom. The molecule has 7 nitrogen and oxygen atoms in total. The van der Waals surface area contributed by atoms with Gasteiger partial charge in [-0.1, -0.05) is 0 Å². The highest BCUT2D eigenvalue weighted by Crippen LogP contribution is 2.47. The Hall–Kier alpha value is -2.13. The van der Waals surface area contributed by atoms with E-state index in [-0.39, 0.29) is 11.3 Å². The minimum Gasteiger partial charge on any atom is -0.282 e. The smallest absolute Gasteiger partial charge is 0.282 e. The number of halogens is 2. The number of hydrogen-bond donors (Lipinski definition) is 0. The topological polar surface area (TPSA) is 103 Å². The first-order valence-electron chi connectivity index (χ1n) is 5.82. The number of allylic oxidation sites excluding steroid dienone is 4. The van der Waals surface area contributed by atoms with Crippen LogP contribution in [0.25, 0.3) is 11.6 Å². The summed E-state index contributed by atoms with van der Waals surface area (Å²) in [5, 5.41) is 21.8. The van der Waals surface area contributed by atoms with Crippen LogP contribution in [0.2, 0.25) is 0 Å². The maximum Gasteiger partial charge on any atom is 0.318 e. The lowest BCUT2D eigenvalue weighted by Crippen LogP contribution is -2.17. The zero-order valence-corrected chi connectivity index (χ0v) is 13.7. The van der Waals surface area contributed by atoms with Gasteiger partial charge in [-0.3, -0.25) is 25.0 Å². The predicted molar refractivity (Wildman–Crippen MR) is 84.7 cm³/mol. The number of fused-ring (bicyclic) bond motifs is 3. The standard InChI is InChI=1S/C13H4Br2N2O5/c14-8-3-6(16(19)20)1-5-2-7-12(11(5)8)9(15)4-10(13(7)18)17(21)22/h1-4H. The highest BCUT2D eigenvalue weighted by atomic mass is 79.9. The molecule has 110 valence electrons. The second-order valence-corrected chi connectivity index (χ2v) is 6.25. The van der Waals surface area contributed by atoms with E-state index in [1.165, 1.54) is 18.2 Å². The minimum atomic E-state index is -0.748. The Morgan fingerprint density at radius 2 is 1.68 bits per heavy atom. The zero-order valence-electron chi connectivity index (χ0n) is 10.5. The Kier molecular flexibility index (Phi) is 3.33. The fraction of sp³-hybridized carbons (Fsp3) is 0. The second-order valence-electron chi connectivity index (χ2n) is 4.55. The maximum absolute atomic E-state index is 12.2. The van der Waals surface area contributed by atoms with Gasteiger partial charge in [-0.15, -0.1) is 0 Å². The minimum absolute atomic E-state index is 0.132. The van der Waals surface area contributed by atoms with E-state index in [1.807, 2.05) is 0 Å². The molecule has 2 aliphatic rings. The van der Waals surface area contributed by atoms with Crippen molar-refractivity contribution in [3.8, 4) is 0 Å². The molecule has 0 fully saturated rings. The molecule has 0 aromatic heterocycles. The van der Waals surface area contributed by atoms with Crippen molar-refractivity contribution < 1.29 is 14.6 Å². The molecule has 0 unspecified atom stereocenters. The number of Topliss-reactive ketones (excluding diaryl/α,β-unsaturated/α-hetero) is 1. The number of nitro groups is 2. The summed E-state index contributed by atoms with van der Waals surface area (Å²) in [5.41, 5.74) is 1.03. The van der Waals surface area contributed by atoms with Crippen molar-refractivity contribution >= 4 is 55.0 Å². The van der Waals surface area contributed by atoms with Crippen LogP contribution in [0.15, 0.2) is 38.4 Å². The average Bonchev–Trinajstić information content (AvgIpc) is 2.83. The average molecular weight is 428 g/mol. The number of benzene rings is 1. The molecule has 0 radical (unpaired) electrons. The van der Waals surface area contributed by atoms with Crippen molar-refractivity contribution in [2.24, 2.45) is 0 Å². The van der Waals surface area contributed by atoms with Crippen LogP contribution in [0.5, 0.6) is 0 Å². The van der Waals surface area contributed by atoms with Gasteiger partial charge in [-0.25, -0.2) is 0 Å². The normalized spacial score (nSPS) is 16.0. The van der Waals surface area contributed by atoms with Gasteiger partial charge in [-0.05, 0) is 43.5 Å². The van der Waals surface area contributed by atoms with E-state index in [9.17, 15) is 25.0 Å². The molecule has 0 aliphatic heterocycles. The summed E-state index contributed by atoms with van der Waals surface area (Å²) in [6, 6.07) is 2.66. The van der Waals surface area contributed by atoms with Gasteiger partial charge in [-0.2, -0.15) is 0 Å². The van der Waals surface area contributed by atoms with Gasteiger partial charge in [0.15, 0.2) is 0 Å². The lowest BCUT2D eigenvalue weighted by Gasteiger charge is -2.13. The molecule has 0 heterocycles. The Morgan fingerprint density at radius 1 is 1.00 bits per heavy atom. The number of carbonyl (C=O) groups excluding carboxylic acids is 1. The monoisotopic (exact) mass is 426 g/mol. The SMILES string of the molecule is O=C1C2=Cc3cc([N+](=O)[O-])cc(Br)c3C2=C(Br)C=C1[N+](=O)[O-]. The van der Waals surface area contributed by atoms with E-state index in [0.29, 0.717) is 25.7 Å². The van der Waals surface area contributed by atoms with Crippen LogP contribution in [0, 0.1) is 20.2 Å². The molecule has 9 heteroatoms. The van der Waals surface area contributed by atoms with E-state index < -0.39 is 21.3 Å². The van der Waals surface area contributed by atoms with Gasteiger partial charge in [0.2, 0.25) is 0 Å². The molecule has 1 aromatic rings. The van der Waals surface area contributed by atoms with Gasteiger partial charge < -0.3 is 0 Å². The first-order chi connectivity index (χ1) is 10.3. The van der Waals surface area contributed by atoms with Gasteiger partial charge >= 0.3 is 5.70 Å². The van der Waals surface area contributed by atoms with E-state index >= 15 is 0 Å². The number of ketones is 1.